The first-order chi connectivity index (χ1) is 17.2. The number of halogens is 3. The van der Waals surface area contributed by atoms with E-state index >= 15 is 0 Å². The quantitative estimate of drug-likeness (QED) is 0.401. The van der Waals surface area contributed by atoms with Crippen LogP contribution in [0.15, 0.2) is 60.7 Å². The number of rotatable bonds is 5. The largest absolute Gasteiger partial charge is 1.00 e. The van der Waals surface area contributed by atoms with E-state index in [2.05, 4.69) is 24.3 Å². The molecule has 5 rings (SSSR count). The van der Waals surface area contributed by atoms with Crippen LogP contribution in [0.25, 0.3) is 11.1 Å². The van der Waals surface area contributed by atoms with E-state index in [9.17, 15) is 17.7 Å². The zero-order valence-electron chi connectivity index (χ0n) is 21.1. The third kappa shape index (κ3) is 5.94. The molecular formula is C27H28BF3KN3O2. The SMILES string of the molecule is Cc1c(N)cc(CN2CCN(C(=O)OCC3c4ccccc4-c4ccccc43)CC2)cc1[B-](F)(F)F.[K+]. The van der Waals surface area contributed by atoms with Crippen LogP contribution in [0.5, 0.6) is 0 Å². The van der Waals surface area contributed by atoms with Gasteiger partial charge in [0, 0.05) is 44.3 Å². The maximum atomic E-state index is 13.4. The molecule has 10 heteroatoms. The smallest absolute Gasteiger partial charge is 0.448 e. The van der Waals surface area contributed by atoms with Gasteiger partial charge in [-0.25, -0.2) is 4.79 Å². The number of nitrogens with zero attached hydrogens (tertiary/aromatic N) is 2. The molecule has 0 saturated carbocycles. The number of ether oxygens (including phenoxy) is 1. The van der Waals surface area contributed by atoms with Crippen molar-refractivity contribution in [3.63, 3.8) is 0 Å². The van der Waals surface area contributed by atoms with Crippen molar-refractivity contribution in [2.75, 3.05) is 38.5 Å². The summed E-state index contributed by atoms with van der Waals surface area (Å²) in [4.78, 5) is 16.5. The van der Waals surface area contributed by atoms with Gasteiger partial charge in [0.25, 0.3) is 0 Å². The van der Waals surface area contributed by atoms with Gasteiger partial charge in [-0.15, -0.1) is 5.46 Å². The van der Waals surface area contributed by atoms with Crippen LogP contribution in [0.4, 0.5) is 23.4 Å². The Labute approximate surface area is 257 Å². The number of hydrogen-bond acceptors (Lipinski definition) is 4. The molecule has 1 aliphatic carbocycles. The van der Waals surface area contributed by atoms with Gasteiger partial charge >= 0.3 is 64.5 Å². The summed E-state index contributed by atoms with van der Waals surface area (Å²) in [6, 6.07) is 19.2. The summed E-state index contributed by atoms with van der Waals surface area (Å²) in [5.74, 6) is -0.000869. The van der Waals surface area contributed by atoms with Gasteiger partial charge < -0.3 is 28.3 Å². The van der Waals surface area contributed by atoms with Gasteiger partial charge in [-0.3, -0.25) is 4.90 Å². The molecule has 5 nitrogen and oxygen atoms in total. The monoisotopic (exact) mass is 533 g/mol. The molecule has 1 saturated heterocycles. The second kappa shape index (κ2) is 11.5. The number of anilines is 1. The summed E-state index contributed by atoms with van der Waals surface area (Å²) in [6.45, 7) is -1.12. The first-order valence-corrected chi connectivity index (χ1v) is 12.1. The molecular weight excluding hydrogens is 505 g/mol. The molecule has 1 heterocycles. The average molecular weight is 533 g/mol. The number of carbonyl (C=O) groups excluding carboxylic acids is 1. The zero-order valence-corrected chi connectivity index (χ0v) is 24.2. The Kier molecular flexibility index (Phi) is 8.77. The van der Waals surface area contributed by atoms with Crippen molar-refractivity contribution in [1.82, 2.24) is 9.80 Å². The standard InChI is InChI=1S/C27H28BF3N3O2.K/c1-18-25(28(29,30)31)14-19(15-26(18)32)16-33-10-12-34(13-11-33)27(35)36-17-24-22-8-4-2-6-20(22)21-7-3-5-9-23(21)24;/h2-9,14-15,24H,10-13,16-17,32H2,1H3;/q-1;+1. The van der Waals surface area contributed by atoms with Crippen LogP contribution in [0, 0.1) is 6.92 Å². The first kappa shape index (κ1) is 28.2. The number of nitrogen functional groups attached to an aromatic ring is 1. The van der Waals surface area contributed by atoms with Crippen molar-refractivity contribution in [3.8, 4) is 11.1 Å². The Hall–Kier alpha value is -1.82. The van der Waals surface area contributed by atoms with Crippen molar-refractivity contribution in [1.29, 1.82) is 0 Å². The Balaban J connectivity index is 0.00000320. The number of amides is 1. The third-order valence-corrected chi connectivity index (χ3v) is 7.27. The predicted molar refractivity (Wildman–Crippen MR) is 136 cm³/mol. The minimum atomic E-state index is -5.13. The second-order valence-corrected chi connectivity index (χ2v) is 9.54. The van der Waals surface area contributed by atoms with Crippen molar-refractivity contribution in [2.24, 2.45) is 0 Å². The molecule has 2 N–H and O–H groups in total. The summed E-state index contributed by atoms with van der Waals surface area (Å²) in [6.07, 6.45) is -0.363. The van der Waals surface area contributed by atoms with Crippen LogP contribution in [-0.2, 0) is 11.3 Å². The summed E-state index contributed by atoms with van der Waals surface area (Å²) in [5, 5.41) is 0. The third-order valence-electron chi connectivity index (χ3n) is 7.27. The molecule has 0 atom stereocenters. The molecule has 1 aliphatic heterocycles. The van der Waals surface area contributed by atoms with Crippen molar-refractivity contribution in [2.45, 2.75) is 19.4 Å². The first-order valence-electron chi connectivity index (χ1n) is 12.1. The van der Waals surface area contributed by atoms with Gasteiger partial charge in [-0.1, -0.05) is 60.2 Å². The molecule has 3 aromatic rings. The van der Waals surface area contributed by atoms with Gasteiger partial charge in [0.2, 0.25) is 0 Å². The van der Waals surface area contributed by atoms with Crippen LogP contribution < -0.4 is 62.6 Å². The second-order valence-electron chi connectivity index (χ2n) is 9.54. The van der Waals surface area contributed by atoms with E-state index in [1.165, 1.54) is 24.1 Å². The number of hydrogen-bond donors (Lipinski definition) is 1. The maximum Gasteiger partial charge on any atom is 1.00 e. The normalized spacial score (nSPS) is 15.6. The number of benzene rings is 3. The van der Waals surface area contributed by atoms with E-state index in [1.807, 2.05) is 29.2 Å². The number of fused-ring (bicyclic) bond motifs is 3. The Morgan fingerprint density at radius 3 is 2.11 bits per heavy atom. The molecule has 1 fully saturated rings. The topological polar surface area (TPSA) is 58.8 Å². The van der Waals surface area contributed by atoms with E-state index in [0.717, 1.165) is 11.1 Å². The fourth-order valence-corrected chi connectivity index (χ4v) is 5.29. The zero-order chi connectivity index (χ0) is 25.4. The van der Waals surface area contributed by atoms with E-state index in [1.54, 1.807) is 11.0 Å². The van der Waals surface area contributed by atoms with Gasteiger partial charge in [0.15, 0.2) is 0 Å². The van der Waals surface area contributed by atoms with E-state index < -0.39 is 12.4 Å². The molecule has 0 aromatic heterocycles. The van der Waals surface area contributed by atoms with Crippen molar-refractivity contribution in [3.05, 3.63) is 82.9 Å². The molecule has 3 aromatic carbocycles. The van der Waals surface area contributed by atoms with E-state index in [4.69, 9.17) is 10.5 Å². The minimum absolute atomic E-state index is 0. The molecule has 1 amide bonds. The Morgan fingerprint density at radius 2 is 1.54 bits per heavy atom. The molecule has 2 aliphatic rings. The number of piperazine rings is 1. The van der Waals surface area contributed by atoms with Crippen molar-refractivity contribution < 1.29 is 73.9 Å². The summed E-state index contributed by atoms with van der Waals surface area (Å²) in [7, 11) is 0. The average Bonchev–Trinajstić information content (AvgIpc) is 3.18. The van der Waals surface area contributed by atoms with Crippen molar-refractivity contribution >= 4 is 24.2 Å². The van der Waals surface area contributed by atoms with Crippen LogP contribution in [0.3, 0.4) is 0 Å². The number of carbonyl (C=O) groups is 1. The molecule has 37 heavy (non-hydrogen) atoms. The predicted octanol–water partition coefficient (Wildman–Crippen LogP) is 1.70. The van der Waals surface area contributed by atoms with Crippen LogP contribution in [-0.4, -0.2) is 55.7 Å². The molecule has 0 bridgehead atoms. The molecule has 0 unspecified atom stereocenters. The van der Waals surface area contributed by atoms with Gasteiger partial charge in [-0.2, -0.15) is 0 Å². The van der Waals surface area contributed by atoms with Crippen LogP contribution in [0.2, 0.25) is 0 Å². The summed E-state index contributed by atoms with van der Waals surface area (Å²) < 4.78 is 46.0. The molecule has 0 spiro atoms. The van der Waals surface area contributed by atoms with Gasteiger partial charge in [0.05, 0.1) is 0 Å². The Bertz CT molecular complexity index is 1250. The fraction of sp³-hybridized carbons (Fsp3) is 0.296. The van der Waals surface area contributed by atoms with E-state index in [-0.39, 0.29) is 81.3 Å². The van der Waals surface area contributed by atoms with Crippen LogP contribution in [0.1, 0.15) is 28.2 Å². The minimum Gasteiger partial charge on any atom is -0.448 e. The Morgan fingerprint density at radius 1 is 0.973 bits per heavy atom. The summed E-state index contributed by atoms with van der Waals surface area (Å²) >= 11 is 0. The summed E-state index contributed by atoms with van der Waals surface area (Å²) in [5.41, 5.74) is 10.6. The fourth-order valence-electron chi connectivity index (χ4n) is 5.29. The molecule has 0 radical (unpaired) electrons. The van der Waals surface area contributed by atoms with E-state index in [0.29, 0.717) is 38.3 Å². The van der Waals surface area contributed by atoms with Crippen LogP contribution >= 0.6 is 0 Å². The van der Waals surface area contributed by atoms with Gasteiger partial charge in [0.1, 0.15) is 6.61 Å². The molecule has 188 valence electrons. The number of nitrogens with two attached hydrogens (primary N) is 1. The van der Waals surface area contributed by atoms with Gasteiger partial charge in [-0.05, 0) is 40.8 Å². The maximum absolute atomic E-state index is 13.4.